The van der Waals surface area contributed by atoms with Gasteiger partial charge in [0.15, 0.2) is 16.9 Å². The maximum Gasteiger partial charge on any atom is 0.332 e. The van der Waals surface area contributed by atoms with Crippen molar-refractivity contribution in [3.05, 3.63) is 81.8 Å². The van der Waals surface area contributed by atoms with Gasteiger partial charge in [0, 0.05) is 19.1 Å². The smallest absolute Gasteiger partial charge is 0.332 e. The van der Waals surface area contributed by atoms with E-state index in [1.165, 1.54) is 30.8 Å². The van der Waals surface area contributed by atoms with Crippen LogP contribution in [0.2, 0.25) is 25.1 Å². The molecule has 2 aromatic heterocycles. The van der Waals surface area contributed by atoms with Crippen molar-refractivity contribution < 1.29 is 9.47 Å². The van der Waals surface area contributed by atoms with Gasteiger partial charge in [-0.1, -0.05) is 64.1 Å². The predicted molar refractivity (Wildman–Crippen MR) is 138 cm³/mol. The second-order valence-electron chi connectivity index (χ2n) is 7.50. The molecule has 0 atom stereocenters. The molecular formula is C22H17Cl5N4O4. The SMILES string of the molecule is Cn1c(=O)c2c(nc(OCCOc3c(Cl)cc(Cl)cc3Cl)n2Cc2ccc(Cl)c(Cl)c2)n(C)c1=O. The molecule has 0 saturated carbocycles. The molecule has 2 aromatic carbocycles. The summed E-state index contributed by atoms with van der Waals surface area (Å²) in [7, 11) is 2.92. The van der Waals surface area contributed by atoms with E-state index in [0.29, 0.717) is 15.1 Å². The minimum atomic E-state index is -0.513. The molecule has 0 fully saturated rings. The van der Waals surface area contributed by atoms with Gasteiger partial charge in [-0.2, -0.15) is 4.98 Å². The van der Waals surface area contributed by atoms with Gasteiger partial charge < -0.3 is 9.47 Å². The number of aromatic nitrogens is 4. The van der Waals surface area contributed by atoms with Gasteiger partial charge in [-0.05, 0) is 29.8 Å². The maximum absolute atomic E-state index is 13.0. The van der Waals surface area contributed by atoms with Crippen LogP contribution in [-0.2, 0) is 20.6 Å². The van der Waals surface area contributed by atoms with E-state index in [-0.39, 0.29) is 52.7 Å². The summed E-state index contributed by atoms with van der Waals surface area (Å²) in [5.74, 6) is 0.266. The Morgan fingerprint density at radius 1 is 0.829 bits per heavy atom. The van der Waals surface area contributed by atoms with Crippen LogP contribution in [0, 0.1) is 0 Å². The van der Waals surface area contributed by atoms with Gasteiger partial charge in [0.2, 0.25) is 0 Å². The highest BCUT2D eigenvalue weighted by atomic mass is 35.5. The van der Waals surface area contributed by atoms with Crippen molar-refractivity contribution in [2.45, 2.75) is 6.54 Å². The second kappa shape index (κ2) is 10.3. The third-order valence-corrected chi connectivity index (χ3v) is 6.68. The van der Waals surface area contributed by atoms with Crippen LogP contribution in [0.4, 0.5) is 0 Å². The zero-order chi connectivity index (χ0) is 25.4. The summed E-state index contributed by atoms with van der Waals surface area (Å²) >= 11 is 30.4. The molecule has 0 bridgehead atoms. The molecule has 8 nitrogen and oxygen atoms in total. The number of imidazole rings is 1. The summed E-state index contributed by atoms with van der Waals surface area (Å²) < 4.78 is 15.4. The predicted octanol–water partition coefficient (Wildman–Crippen LogP) is 5.21. The lowest BCUT2D eigenvalue weighted by molar-refractivity contribution is 0.202. The first-order chi connectivity index (χ1) is 16.6. The fourth-order valence-electron chi connectivity index (χ4n) is 3.45. The van der Waals surface area contributed by atoms with E-state index >= 15 is 0 Å². The number of nitrogens with zero attached hydrogens (tertiary/aromatic N) is 4. The van der Waals surface area contributed by atoms with Crippen molar-refractivity contribution in [1.82, 2.24) is 18.7 Å². The second-order valence-corrected chi connectivity index (χ2v) is 9.57. The molecule has 0 radical (unpaired) electrons. The highest BCUT2D eigenvalue weighted by Gasteiger charge is 2.21. The molecule has 4 rings (SSSR count). The van der Waals surface area contributed by atoms with Crippen LogP contribution in [0.25, 0.3) is 11.2 Å². The standard InChI is InChI=1S/C22H17Cl5N4O4/c1-29-19-17(20(32)30(2)22(29)33)31(10-11-3-4-13(24)14(25)7-11)21(28-19)35-6-5-34-18-15(26)8-12(23)9-16(18)27/h3-4,7-9H,5-6,10H2,1-2H3. The zero-order valence-electron chi connectivity index (χ0n) is 18.3. The number of benzene rings is 2. The first-order valence-corrected chi connectivity index (χ1v) is 12.0. The number of halogens is 5. The fraction of sp³-hybridized carbons (Fsp3) is 0.227. The average molecular weight is 579 g/mol. The monoisotopic (exact) mass is 576 g/mol. The van der Waals surface area contributed by atoms with Gasteiger partial charge in [0.05, 0.1) is 26.6 Å². The normalized spacial score (nSPS) is 11.3. The maximum atomic E-state index is 13.0. The van der Waals surface area contributed by atoms with Gasteiger partial charge >= 0.3 is 5.69 Å². The Morgan fingerprint density at radius 2 is 1.49 bits per heavy atom. The minimum Gasteiger partial charge on any atom is -0.487 e. The Labute approximate surface area is 224 Å². The molecule has 0 N–H and O–H groups in total. The third-order valence-electron chi connectivity index (χ3n) is 5.16. The Bertz CT molecular complexity index is 1540. The van der Waals surface area contributed by atoms with E-state index in [1.54, 1.807) is 22.8 Å². The molecule has 13 heteroatoms. The highest BCUT2D eigenvalue weighted by Crippen LogP contribution is 2.35. The molecule has 2 heterocycles. The van der Waals surface area contributed by atoms with E-state index < -0.39 is 11.2 Å². The van der Waals surface area contributed by atoms with Crippen LogP contribution < -0.4 is 20.7 Å². The van der Waals surface area contributed by atoms with E-state index in [1.807, 2.05) is 0 Å². The third kappa shape index (κ3) is 5.13. The summed E-state index contributed by atoms with van der Waals surface area (Å²) in [6.07, 6.45) is 0. The van der Waals surface area contributed by atoms with E-state index in [9.17, 15) is 9.59 Å². The molecule has 0 spiro atoms. The van der Waals surface area contributed by atoms with Gasteiger partial charge in [0.25, 0.3) is 11.6 Å². The summed E-state index contributed by atoms with van der Waals surface area (Å²) in [6, 6.07) is 8.24. The molecule has 0 aliphatic rings. The van der Waals surface area contributed by atoms with Crippen LogP contribution in [0.15, 0.2) is 39.9 Å². The van der Waals surface area contributed by atoms with Crippen molar-refractivity contribution in [3.8, 4) is 11.8 Å². The quantitative estimate of drug-likeness (QED) is 0.282. The lowest BCUT2D eigenvalue weighted by atomic mass is 10.2. The minimum absolute atomic E-state index is 0.0360. The fourth-order valence-corrected chi connectivity index (χ4v) is 4.69. The van der Waals surface area contributed by atoms with Gasteiger partial charge in [0.1, 0.15) is 13.2 Å². The molecule has 35 heavy (non-hydrogen) atoms. The Balaban J connectivity index is 1.67. The zero-order valence-corrected chi connectivity index (χ0v) is 22.1. The number of ether oxygens (including phenoxy) is 2. The lowest BCUT2D eigenvalue weighted by Crippen LogP contribution is -2.37. The number of hydrogen-bond donors (Lipinski definition) is 0. The first-order valence-electron chi connectivity index (χ1n) is 10.1. The first kappa shape index (κ1) is 25.7. The summed E-state index contributed by atoms with van der Waals surface area (Å²) in [6.45, 7) is 0.286. The van der Waals surface area contributed by atoms with Crippen LogP contribution in [-0.4, -0.2) is 31.9 Å². The topological polar surface area (TPSA) is 80.3 Å². The molecule has 184 valence electrons. The van der Waals surface area contributed by atoms with Crippen molar-refractivity contribution in [2.24, 2.45) is 14.1 Å². The average Bonchev–Trinajstić information content (AvgIpc) is 3.15. The van der Waals surface area contributed by atoms with Gasteiger partial charge in [-0.15, -0.1) is 0 Å². The molecule has 4 aromatic rings. The molecule has 0 aliphatic heterocycles. The number of hydrogen-bond acceptors (Lipinski definition) is 5. The largest absolute Gasteiger partial charge is 0.487 e. The van der Waals surface area contributed by atoms with Crippen molar-refractivity contribution in [1.29, 1.82) is 0 Å². The van der Waals surface area contributed by atoms with Crippen molar-refractivity contribution >= 4 is 69.2 Å². The van der Waals surface area contributed by atoms with Crippen molar-refractivity contribution in [2.75, 3.05) is 13.2 Å². The number of rotatable bonds is 7. The Hall–Kier alpha value is -2.36. The van der Waals surface area contributed by atoms with Crippen LogP contribution in [0.1, 0.15) is 5.56 Å². The molecule has 0 amide bonds. The van der Waals surface area contributed by atoms with E-state index in [2.05, 4.69) is 4.98 Å². The van der Waals surface area contributed by atoms with Crippen LogP contribution in [0.5, 0.6) is 11.8 Å². The van der Waals surface area contributed by atoms with Crippen LogP contribution >= 0.6 is 58.0 Å². The Morgan fingerprint density at radius 3 is 2.14 bits per heavy atom. The van der Waals surface area contributed by atoms with Gasteiger partial charge in [-0.25, -0.2) is 4.79 Å². The molecule has 0 saturated heterocycles. The molecular weight excluding hydrogens is 562 g/mol. The summed E-state index contributed by atoms with van der Waals surface area (Å²) in [5.41, 5.74) is 0.0961. The summed E-state index contributed by atoms with van der Waals surface area (Å²) in [4.78, 5) is 29.8. The summed E-state index contributed by atoms with van der Waals surface area (Å²) in [5, 5.41) is 1.66. The van der Waals surface area contributed by atoms with Gasteiger partial charge in [-0.3, -0.25) is 18.5 Å². The number of fused-ring (bicyclic) bond motifs is 1. The van der Waals surface area contributed by atoms with E-state index in [0.717, 1.165) is 10.1 Å². The molecule has 0 unspecified atom stereocenters. The Kier molecular flexibility index (Phi) is 7.59. The highest BCUT2D eigenvalue weighted by molar-refractivity contribution is 6.42. The molecule has 0 aliphatic carbocycles. The number of aryl methyl sites for hydroxylation is 1. The van der Waals surface area contributed by atoms with E-state index in [4.69, 9.17) is 67.5 Å². The van der Waals surface area contributed by atoms with Crippen molar-refractivity contribution in [3.63, 3.8) is 0 Å². The van der Waals surface area contributed by atoms with Crippen LogP contribution in [0.3, 0.4) is 0 Å². The lowest BCUT2D eigenvalue weighted by Gasteiger charge is -2.13.